The fourth-order valence-corrected chi connectivity index (χ4v) is 5.50. The number of carbonyl (C=O) groups is 2. The Morgan fingerprint density at radius 1 is 1.16 bits per heavy atom. The van der Waals surface area contributed by atoms with E-state index in [1.807, 2.05) is 27.7 Å². The van der Waals surface area contributed by atoms with Crippen LogP contribution in [0, 0.1) is 12.3 Å². The predicted octanol–water partition coefficient (Wildman–Crippen LogP) is 6.62. The Kier molecular flexibility index (Phi) is 15.8. The van der Waals surface area contributed by atoms with Gasteiger partial charge in [-0.15, -0.1) is 0 Å². The quantitative estimate of drug-likeness (QED) is 0.171. The number of nitrogens with one attached hydrogen (secondary N) is 1. The molecular weight excluding hydrogens is 587 g/mol. The van der Waals surface area contributed by atoms with Gasteiger partial charge >= 0.3 is 6.18 Å². The second-order valence-corrected chi connectivity index (χ2v) is 12.7. The molecule has 3 atom stereocenters. The van der Waals surface area contributed by atoms with Gasteiger partial charge in [0.25, 0.3) is 5.91 Å². The molecule has 0 aromatic heterocycles. The highest BCUT2D eigenvalue weighted by molar-refractivity contribution is 6.02. The average Bonchev–Trinajstić information content (AvgIpc) is 3.82. The average molecular weight is 644 g/mol. The van der Waals surface area contributed by atoms with Gasteiger partial charge < -0.3 is 29.3 Å². The zero-order chi connectivity index (χ0) is 33.8. The number of benzene rings is 1. The van der Waals surface area contributed by atoms with Gasteiger partial charge in [0.2, 0.25) is 5.91 Å². The van der Waals surface area contributed by atoms with E-state index in [0.717, 1.165) is 19.0 Å². The minimum atomic E-state index is -4.74. The van der Waals surface area contributed by atoms with Gasteiger partial charge in [0.1, 0.15) is 6.10 Å². The van der Waals surface area contributed by atoms with E-state index in [1.165, 1.54) is 12.5 Å². The fraction of sp³-hybridized carbons (Fsp3) is 0.765. The van der Waals surface area contributed by atoms with Crippen molar-refractivity contribution in [2.45, 2.75) is 111 Å². The smallest absolute Gasteiger partial charge is 0.385 e. The lowest BCUT2D eigenvalue weighted by molar-refractivity contribution is -0.138. The van der Waals surface area contributed by atoms with E-state index in [0.29, 0.717) is 57.7 Å². The van der Waals surface area contributed by atoms with Crippen LogP contribution in [0.5, 0.6) is 0 Å². The molecule has 1 N–H and O–H groups in total. The van der Waals surface area contributed by atoms with Crippen LogP contribution in [-0.2, 0) is 25.2 Å². The van der Waals surface area contributed by atoms with Crippen LogP contribution in [0.1, 0.15) is 102 Å². The summed E-state index contributed by atoms with van der Waals surface area (Å²) in [5.74, 6) is -0.928. The van der Waals surface area contributed by atoms with Gasteiger partial charge in [0.05, 0.1) is 36.4 Å². The third kappa shape index (κ3) is 11.2. The van der Waals surface area contributed by atoms with Gasteiger partial charge in [-0.05, 0) is 84.0 Å². The normalized spacial score (nSPS) is 19.4. The number of anilines is 1. The second-order valence-electron chi connectivity index (χ2n) is 12.7. The van der Waals surface area contributed by atoms with Crippen molar-refractivity contribution in [2.75, 3.05) is 58.1 Å². The highest BCUT2D eigenvalue weighted by Crippen LogP contribution is 2.39. The molecule has 1 aromatic rings. The van der Waals surface area contributed by atoms with Crippen LogP contribution >= 0.6 is 0 Å². The first-order valence-corrected chi connectivity index (χ1v) is 16.5. The van der Waals surface area contributed by atoms with Crippen molar-refractivity contribution in [3.05, 3.63) is 28.8 Å². The number of piperidine rings is 1. The lowest BCUT2D eigenvalue weighted by atomic mass is 9.86. The maximum Gasteiger partial charge on any atom is 0.417 e. The first kappa shape index (κ1) is 39.0. The summed E-state index contributed by atoms with van der Waals surface area (Å²) in [6.07, 6.45) is -0.201. The summed E-state index contributed by atoms with van der Waals surface area (Å²) in [4.78, 5) is 31.3. The number of ether oxygens (including phenoxy) is 3. The van der Waals surface area contributed by atoms with Crippen LogP contribution in [0.3, 0.4) is 0 Å². The fourth-order valence-electron chi connectivity index (χ4n) is 5.50. The largest absolute Gasteiger partial charge is 0.417 e. The molecule has 2 aliphatic heterocycles. The zero-order valence-electron chi connectivity index (χ0n) is 28.6. The highest BCUT2D eigenvalue weighted by Gasteiger charge is 2.41. The molecule has 11 heteroatoms. The van der Waals surface area contributed by atoms with Crippen molar-refractivity contribution in [3.8, 4) is 0 Å². The van der Waals surface area contributed by atoms with Gasteiger partial charge in [-0.3, -0.25) is 9.59 Å². The summed E-state index contributed by atoms with van der Waals surface area (Å²) in [6, 6.07) is 1.77. The monoisotopic (exact) mass is 643 g/mol. The summed E-state index contributed by atoms with van der Waals surface area (Å²) in [7, 11) is 1.60. The molecule has 2 fully saturated rings. The Labute approximate surface area is 268 Å². The summed E-state index contributed by atoms with van der Waals surface area (Å²) < 4.78 is 59.5. The molecule has 45 heavy (non-hydrogen) atoms. The third-order valence-corrected chi connectivity index (χ3v) is 8.27. The summed E-state index contributed by atoms with van der Waals surface area (Å²) in [5, 5.41) is 3.26. The van der Waals surface area contributed by atoms with Crippen molar-refractivity contribution in [2.24, 2.45) is 5.41 Å². The summed E-state index contributed by atoms with van der Waals surface area (Å²) in [6.45, 7) is 16.4. The van der Waals surface area contributed by atoms with E-state index in [4.69, 9.17) is 14.2 Å². The van der Waals surface area contributed by atoms with Crippen molar-refractivity contribution < 1.29 is 37.0 Å². The van der Waals surface area contributed by atoms with E-state index in [1.54, 1.807) is 23.8 Å². The molecule has 0 aliphatic carbocycles. The Bertz CT molecular complexity index is 1070. The maximum atomic E-state index is 14.4. The third-order valence-electron chi connectivity index (χ3n) is 8.27. The zero-order valence-corrected chi connectivity index (χ0v) is 28.6. The molecule has 3 rings (SSSR count). The van der Waals surface area contributed by atoms with E-state index >= 15 is 0 Å². The van der Waals surface area contributed by atoms with Gasteiger partial charge in [0, 0.05) is 44.6 Å². The van der Waals surface area contributed by atoms with Crippen molar-refractivity contribution in [1.29, 1.82) is 0 Å². The molecule has 1 aromatic carbocycles. The SMILES string of the molecule is CCC.CCC(C)(COCC1CO1)C(=O)N(CCCCOC)c1cc(C(=O)N(C(C)C)C2CCCNC2)c(C(F)(F)F)cc1C. The van der Waals surface area contributed by atoms with Crippen LogP contribution in [-0.4, -0.2) is 88.1 Å². The molecule has 2 heterocycles. The van der Waals surface area contributed by atoms with E-state index in [9.17, 15) is 22.8 Å². The molecule has 0 spiro atoms. The van der Waals surface area contributed by atoms with Crippen LogP contribution < -0.4 is 10.2 Å². The molecule has 2 amide bonds. The summed E-state index contributed by atoms with van der Waals surface area (Å²) >= 11 is 0. The molecule has 0 radical (unpaired) electrons. The van der Waals surface area contributed by atoms with E-state index < -0.39 is 28.6 Å². The molecule has 3 unspecified atom stereocenters. The molecule has 8 nitrogen and oxygen atoms in total. The van der Waals surface area contributed by atoms with Crippen molar-refractivity contribution in [1.82, 2.24) is 10.2 Å². The first-order valence-electron chi connectivity index (χ1n) is 16.5. The molecule has 2 saturated heterocycles. The first-order chi connectivity index (χ1) is 21.2. The van der Waals surface area contributed by atoms with Gasteiger partial charge in [-0.25, -0.2) is 0 Å². The molecular formula is C34H56F3N3O5. The van der Waals surface area contributed by atoms with Gasteiger partial charge in [0.15, 0.2) is 0 Å². The minimum Gasteiger partial charge on any atom is -0.385 e. The van der Waals surface area contributed by atoms with Crippen LogP contribution in [0.4, 0.5) is 18.9 Å². The number of methoxy groups -OCH3 is 1. The van der Waals surface area contributed by atoms with Crippen LogP contribution in [0.15, 0.2) is 12.1 Å². The maximum absolute atomic E-state index is 14.4. The molecule has 2 aliphatic rings. The number of nitrogens with zero attached hydrogens (tertiary/aromatic N) is 2. The minimum absolute atomic E-state index is 0.0420. The van der Waals surface area contributed by atoms with E-state index in [2.05, 4.69) is 19.2 Å². The number of alkyl halides is 3. The molecule has 258 valence electrons. The summed E-state index contributed by atoms with van der Waals surface area (Å²) in [5.41, 5.74) is -1.75. The molecule has 0 bridgehead atoms. The number of carbonyl (C=O) groups excluding carboxylic acids is 2. The Morgan fingerprint density at radius 2 is 1.82 bits per heavy atom. The number of hydrogen-bond donors (Lipinski definition) is 1. The number of unbranched alkanes of at least 4 members (excludes halogenated alkanes) is 1. The Morgan fingerprint density at radius 3 is 2.33 bits per heavy atom. The van der Waals surface area contributed by atoms with Crippen LogP contribution in [0.2, 0.25) is 0 Å². The number of hydrogen-bond acceptors (Lipinski definition) is 6. The van der Waals surface area contributed by atoms with Crippen LogP contribution in [0.25, 0.3) is 0 Å². The highest BCUT2D eigenvalue weighted by atomic mass is 19.4. The van der Waals surface area contributed by atoms with E-state index in [-0.39, 0.29) is 42.8 Å². The number of aryl methyl sites for hydroxylation is 1. The topological polar surface area (TPSA) is 83.6 Å². The lowest BCUT2D eigenvalue weighted by Crippen LogP contribution is -2.52. The Balaban J connectivity index is 0.00000226. The van der Waals surface area contributed by atoms with Gasteiger partial charge in [-0.1, -0.05) is 27.2 Å². The van der Waals surface area contributed by atoms with Crippen molar-refractivity contribution >= 4 is 17.5 Å². The van der Waals surface area contributed by atoms with Crippen molar-refractivity contribution in [3.63, 3.8) is 0 Å². The number of rotatable bonds is 15. The predicted molar refractivity (Wildman–Crippen MR) is 172 cm³/mol. The lowest BCUT2D eigenvalue weighted by Gasteiger charge is -2.39. The second kappa shape index (κ2) is 18.2. The van der Waals surface area contributed by atoms with Gasteiger partial charge in [-0.2, -0.15) is 13.2 Å². The Hall–Kier alpha value is -2.21. The number of amides is 2. The standard InChI is InChI=1S/C31H48F3N3O5.C3H8/c1-7-30(5,20-41-18-24-19-42-24)29(39)36(13-8-9-14-40-6)27-16-25(26(15-22(27)4)31(32,33)34)28(38)37(21(2)3)23-11-10-12-35-17-23;1-3-2/h15-16,21,23-24,35H,7-14,17-20H2,1-6H3;3H2,1-2H3. The molecule has 0 saturated carbocycles. The number of epoxide rings is 1. The number of halogens is 3.